The molecule has 0 spiro atoms. The van der Waals surface area contributed by atoms with Crippen LogP contribution in [-0.4, -0.2) is 70.5 Å². The van der Waals surface area contributed by atoms with Crippen molar-refractivity contribution >= 4 is 18.0 Å². The summed E-state index contributed by atoms with van der Waals surface area (Å²) in [5.74, 6) is -0.215. The van der Waals surface area contributed by atoms with Crippen LogP contribution in [0.5, 0.6) is 0 Å². The molecule has 0 radical (unpaired) electrons. The molecule has 10 heteroatoms. The topological polar surface area (TPSA) is 121 Å². The Hall–Kier alpha value is -2.80. The molecular weight excluding hydrogens is 366 g/mol. The molecule has 1 saturated heterocycles. The number of nitriles is 1. The number of piperazine rings is 1. The number of hydrogen-bond acceptors (Lipinski definition) is 8. The molecule has 10 nitrogen and oxygen atoms in total. The Morgan fingerprint density at radius 2 is 1.89 bits per heavy atom. The number of aromatic nitrogens is 2. The first-order chi connectivity index (χ1) is 13.1. The van der Waals surface area contributed by atoms with Crippen LogP contribution in [0.3, 0.4) is 0 Å². The average molecular weight is 393 g/mol. The van der Waals surface area contributed by atoms with E-state index in [-0.39, 0.29) is 17.5 Å². The van der Waals surface area contributed by atoms with Crippen LogP contribution < -0.4 is 4.90 Å². The van der Waals surface area contributed by atoms with Gasteiger partial charge in [-0.05, 0) is 27.7 Å². The largest absolute Gasteiger partial charge is 0.464 e. The number of imidazole rings is 1. The van der Waals surface area contributed by atoms with Gasteiger partial charge in [-0.2, -0.15) is 5.26 Å². The molecule has 1 aromatic rings. The molecule has 2 heterocycles. The van der Waals surface area contributed by atoms with Crippen LogP contribution in [0.4, 0.5) is 10.7 Å². The fraction of sp³-hybridized carbons (Fsp3) is 0.667. The quantitative estimate of drug-likeness (QED) is 0.600. The molecule has 1 fully saturated rings. The maximum Gasteiger partial charge on any atom is 0.410 e. The van der Waals surface area contributed by atoms with E-state index in [0.29, 0.717) is 38.7 Å². The van der Waals surface area contributed by atoms with Gasteiger partial charge in [0.1, 0.15) is 17.4 Å². The van der Waals surface area contributed by atoms with Crippen LogP contribution in [0.2, 0.25) is 0 Å². The Morgan fingerprint density at radius 3 is 2.36 bits per heavy atom. The molecule has 2 rings (SSSR count). The molecule has 1 atom stereocenters. The van der Waals surface area contributed by atoms with Crippen LogP contribution in [0.1, 0.15) is 50.0 Å². The highest BCUT2D eigenvalue weighted by molar-refractivity contribution is 5.90. The summed E-state index contributed by atoms with van der Waals surface area (Å²) in [6, 6.07) is 1.70. The molecule has 154 valence electrons. The maximum atomic E-state index is 12.2. The number of amides is 1. The molecule has 1 aliphatic heterocycles. The monoisotopic (exact) mass is 393 g/mol. The van der Waals surface area contributed by atoms with Gasteiger partial charge in [-0.15, -0.1) is 0 Å². The number of nitrogens with zero attached hydrogens (tertiary/aromatic N) is 5. The minimum atomic E-state index is -1.54. The van der Waals surface area contributed by atoms with E-state index >= 15 is 0 Å². The van der Waals surface area contributed by atoms with E-state index in [0.717, 1.165) is 0 Å². The second kappa shape index (κ2) is 8.48. The van der Waals surface area contributed by atoms with Gasteiger partial charge < -0.3 is 28.9 Å². The lowest BCUT2D eigenvalue weighted by Crippen LogP contribution is -2.50. The summed E-state index contributed by atoms with van der Waals surface area (Å²) in [5.41, 5.74) is -0.533. The van der Waals surface area contributed by atoms with Crippen LogP contribution in [0.25, 0.3) is 0 Å². The van der Waals surface area contributed by atoms with E-state index in [1.165, 1.54) is 7.11 Å². The van der Waals surface area contributed by atoms with Gasteiger partial charge in [-0.25, -0.2) is 14.6 Å². The smallest absolute Gasteiger partial charge is 0.410 e. The normalized spacial score (nSPS) is 15.8. The zero-order chi connectivity index (χ0) is 21.1. The third kappa shape index (κ3) is 4.54. The number of carbonyl (C=O) groups excluding carboxylic acids is 2. The predicted molar refractivity (Wildman–Crippen MR) is 99.8 cm³/mol. The first kappa shape index (κ1) is 21.5. The van der Waals surface area contributed by atoms with Gasteiger partial charge in [-0.1, -0.05) is 0 Å². The summed E-state index contributed by atoms with van der Waals surface area (Å²) < 4.78 is 11.8. The van der Waals surface area contributed by atoms with Crippen molar-refractivity contribution in [1.29, 1.82) is 5.26 Å². The van der Waals surface area contributed by atoms with Crippen LogP contribution in [-0.2, 0) is 16.0 Å². The van der Waals surface area contributed by atoms with Gasteiger partial charge in [-0.3, -0.25) is 0 Å². The first-order valence-electron chi connectivity index (χ1n) is 9.12. The maximum absolute atomic E-state index is 12.2. The van der Waals surface area contributed by atoms with Crippen molar-refractivity contribution in [2.75, 3.05) is 38.2 Å². The summed E-state index contributed by atoms with van der Waals surface area (Å²) in [7, 11) is 1.23. The summed E-state index contributed by atoms with van der Waals surface area (Å²) in [5, 5.41) is 19.0. The molecule has 0 aliphatic carbocycles. The number of aliphatic hydroxyl groups excluding tert-OH is 1. The number of aliphatic hydroxyl groups is 1. The first-order valence-corrected chi connectivity index (χ1v) is 9.12. The molecule has 1 amide bonds. The molecule has 1 N–H and O–H groups in total. The van der Waals surface area contributed by atoms with Gasteiger partial charge in [0, 0.05) is 32.7 Å². The summed E-state index contributed by atoms with van der Waals surface area (Å²) >= 11 is 0. The number of methoxy groups -OCH3 is 1. The van der Waals surface area contributed by atoms with E-state index in [1.807, 2.05) is 32.6 Å². The highest BCUT2D eigenvalue weighted by Crippen LogP contribution is 2.26. The molecule has 1 aromatic heterocycles. The average Bonchev–Trinajstić information content (AvgIpc) is 3.05. The third-order valence-electron chi connectivity index (χ3n) is 4.26. The Labute approximate surface area is 164 Å². The van der Waals surface area contributed by atoms with E-state index in [2.05, 4.69) is 4.98 Å². The van der Waals surface area contributed by atoms with Gasteiger partial charge >= 0.3 is 12.1 Å². The van der Waals surface area contributed by atoms with Gasteiger partial charge in [0.05, 0.1) is 7.11 Å². The lowest BCUT2D eigenvalue weighted by molar-refractivity contribution is 0.0240. The summed E-state index contributed by atoms with van der Waals surface area (Å²) in [4.78, 5) is 32.3. The van der Waals surface area contributed by atoms with Gasteiger partial charge in [0.2, 0.25) is 5.95 Å². The van der Waals surface area contributed by atoms with Crippen LogP contribution in [0.15, 0.2) is 0 Å². The number of ether oxygens (including phenoxy) is 2. The lowest BCUT2D eigenvalue weighted by atomic mass is 10.2. The molecule has 1 aliphatic rings. The van der Waals surface area contributed by atoms with E-state index < -0.39 is 17.7 Å². The van der Waals surface area contributed by atoms with Crippen molar-refractivity contribution in [2.45, 2.75) is 45.9 Å². The number of rotatable bonds is 4. The second-order valence-electron chi connectivity index (χ2n) is 7.37. The molecule has 0 bridgehead atoms. The van der Waals surface area contributed by atoms with Gasteiger partial charge in [0.25, 0.3) is 0 Å². The van der Waals surface area contributed by atoms with Gasteiger partial charge in [0.15, 0.2) is 11.8 Å². The highest BCUT2D eigenvalue weighted by Gasteiger charge is 2.32. The highest BCUT2D eigenvalue weighted by atomic mass is 16.6. The van der Waals surface area contributed by atoms with Crippen molar-refractivity contribution in [3.8, 4) is 6.07 Å². The van der Waals surface area contributed by atoms with Crippen molar-refractivity contribution in [3.63, 3.8) is 0 Å². The number of anilines is 1. The number of carbonyl (C=O) groups is 2. The Balaban J connectivity index is 2.25. The van der Waals surface area contributed by atoms with Crippen molar-refractivity contribution in [1.82, 2.24) is 14.5 Å². The fourth-order valence-electron chi connectivity index (χ4n) is 2.98. The van der Waals surface area contributed by atoms with E-state index in [1.54, 1.807) is 15.5 Å². The van der Waals surface area contributed by atoms with Crippen LogP contribution in [0, 0.1) is 11.3 Å². The second-order valence-corrected chi connectivity index (χ2v) is 7.37. The summed E-state index contributed by atoms with van der Waals surface area (Å²) in [6.07, 6.45) is -1.91. The molecule has 1 unspecified atom stereocenters. The van der Waals surface area contributed by atoms with Crippen molar-refractivity contribution in [2.24, 2.45) is 0 Å². The number of hydrogen-bond donors (Lipinski definition) is 1. The zero-order valence-corrected chi connectivity index (χ0v) is 16.9. The molecular formula is C18H27N5O5. The zero-order valence-electron chi connectivity index (χ0n) is 16.9. The van der Waals surface area contributed by atoms with Crippen molar-refractivity contribution < 1.29 is 24.2 Å². The lowest BCUT2D eigenvalue weighted by Gasteiger charge is -2.36. The van der Waals surface area contributed by atoms with Crippen LogP contribution >= 0.6 is 0 Å². The number of esters is 1. The predicted octanol–water partition coefficient (Wildman–Crippen LogP) is 1.30. The minimum absolute atomic E-state index is 0.0271. The Bertz CT molecular complexity index is 769. The molecule has 0 saturated carbocycles. The Kier molecular flexibility index (Phi) is 6.51. The molecule has 0 aromatic carbocycles. The summed E-state index contributed by atoms with van der Waals surface area (Å²) in [6.45, 7) is 9.47. The van der Waals surface area contributed by atoms with Crippen molar-refractivity contribution in [3.05, 3.63) is 11.4 Å². The SMILES string of the molecule is CCn1c(N2CCN(C(=O)OC(C)(C)C)CC2)nc(C(O)C#N)c1C(=O)OC. The fourth-order valence-corrected chi connectivity index (χ4v) is 2.98. The third-order valence-corrected chi connectivity index (χ3v) is 4.26. The van der Waals surface area contributed by atoms with E-state index in [4.69, 9.17) is 14.7 Å². The Morgan fingerprint density at radius 1 is 1.29 bits per heavy atom. The van der Waals surface area contributed by atoms with E-state index in [9.17, 15) is 14.7 Å². The minimum Gasteiger partial charge on any atom is -0.464 e. The standard InChI is InChI=1S/C18H27N5O5/c1-6-23-14(15(25)27-5)13(12(24)11-19)20-16(23)21-7-9-22(10-8-21)17(26)28-18(2,3)4/h12,24H,6-10H2,1-5H3. The molecule has 28 heavy (non-hydrogen) atoms.